The van der Waals surface area contributed by atoms with E-state index < -0.39 is 12.1 Å². The summed E-state index contributed by atoms with van der Waals surface area (Å²) < 4.78 is 5.51. The molecule has 2 unspecified atom stereocenters. The first-order chi connectivity index (χ1) is 42.5. The second-order valence-corrected chi connectivity index (χ2v) is 27.8. The Morgan fingerprint density at radius 2 is 0.547 bits per heavy atom. The molecule has 0 fully saturated rings. The van der Waals surface area contributed by atoms with Gasteiger partial charge < -0.3 is 20.3 Å². The van der Waals surface area contributed by atoms with Gasteiger partial charge in [0.25, 0.3) is 0 Å². The van der Waals surface area contributed by atoms with Crippen molar-refractivity contribution in [3.05, 3.63) is 12.2 Å². The molecule has 0 radical (unpaired) electrons. The van der Waals surface area contributed by atoms with Crippen molar-refractivity contribution >= 4 is 11.9 Å². The van der Waals surface area contributed by atoms with E-state index in [1.165, 1.54) is 385 Å². The summed E-state index contributed by atoms with van der Waals surface area (Å²) in [6.45, 7) is 5.01. The van der Waals surface area contributed by atoms with E-state index in [1.807, 2.05) is 0 Å². The van der Waals surface area contributed by atoms with Crippen molar-refractivity contribution in [3.63, 3.8) is 0 Å². The highest BCUT2D eigenvalue weighted by Crippen LogP contribution is 2.20. The maximum atomic E-state index is 12.6. The summed E-state index contributed by atoms with van der Waals surface area (Å²) in [5, 5.41) is 23.5. The number of allylic oxidation sites excluding steroid dienone is 2. The Hall–Kier alpha value is -1.40. The molecule has 0 bridgehead atoms. The van der Waals surface area contributed by atoms with Crippen LogP contribution < -0.4 is 5.32 Å². The predicted molar refractivity (Wildman–Crippen MR) is 380 cm³/mol. The molecule has 2 atom stereocenters. The third kappa shape index (κ3) is 71.7. The van der Waals surface area contributed by atoms with Gasteiger partial charge in [-0.3, -0.25) is 9.59 Å². The second-order valence-electron chi connectivity index (χ2n) is 27.8. The average molecular weight is 1210 g/mol. The number of nitrogens with one attached hydrogen (secondary N) is 1. The monoisotopic (exact) mass is 1210 g/mol. The van der Waals surface area contributed by atoms with Crippen LogP contribution in [0.4, 0.5) is 0 Å². The van der Waals surface area contributed by atoms with Crippen LogP contribution in [0.2, 0.25) is 0 Å². The van der Waals surface area contributed by atoms with Gasteiger partial charge in [0.05, 0.1) is 25.4 Å². The van der Waals surface area contributed by atoms with Gasteiger partial charge in [-0.15, -0.1) is 0 Å². The zero-order valence-electron chi connectivity index (χ0n) is 58.8. The number of esters is 1. The molecule has 86 heavy (non-hydrogen) atoms. The number of aliphatic hydroxyl groups is 2. The number of carbonyl (C=O) groups excluding carboxylic acids is 2. The maximum absolute atomic E-state index is 12.6. The van der Waals surface area contributed by atoms with Crippen LogP contribution in [0.3, 0.4) is 0 Å². The molecule has 512 valence electrons. The number of rotatable bonds is 76. The second kappa shape index (κ2) is 76.1. The lowest BCUT2D eigenvalue weighted by atomic mass is 10.0. The molecule has 0 saturated heterocycles. The molecule has 0 rings (SSSR count). The molecule has 0 aliphatic heterocycles. The average Bonchev–Trinajstić information content (AvgIpc) is 3.54. The first-order valence-electron chi connectivity index (χ1n) is 39.9. The van der Waals surface area contributed by atoms with E-state index in [0.717, 1.165) is 44.9 Å². The van der Waals surface area contributed by atoms with E-state index in [2.05, 4.69) is 31.3 Å². The van der Waals surface area contributed by atoms with Crippen molar-refractivity contribution in [1.29, 1.82) is 0 Å². The molecular formula is C80H157NO5. The van der Waals surface area contributed by atoms with Gasteiger partial charge in [0.2, 0.25) is 5.91 Å². The van der Waals surface area contributed by atoms with Gasteiger partial charge in [-0.05, 0) is 51.4 Å². The molecule has 0 heterocycles. The maximum Gasteiger partial charge on any atom is 0.305 e. The summed E-state index contributed by atoms with van der Waals surface area (Å²) in [6, 6.07) is -0.540. The van der Waals surface area contributed by atoms with Gasteiger partial charge in [-0.25, -0.2) is 0 Å². The molecule has 0 aromatic heterocycles. The number of ether oxygens (including phenoxy) is 1. The first-order valence-corrected chi connectivity index (χ1v) is 39.9. The third-order valence-corrected chi connectivity index (χ3v) is 19.1. The molecule has 3 N–H and O–H groups in total. The summed E-state index contributed by atoms with van der Waals surface area (Å²) in [6.07, 6.45) is 95.8. The predicted octanol–water partition coefficient (Wildman–Crippen LogP) is 26.3. The summed E-state index contributed by atoms with van der Waals surface area (Å²) >= 11 is 0. The Balaban J connectivity index is 3.34. The van der Waals surface area contributed by atoms with E-state index in [1.54, 1.807) is 0 Å². The van der Waals surface area contributed by atoms with Crippen LogP contribution in [0, 0.1) is 0 Å². The van der Waals surface area contributed by atoms with Gasteiger partial charge in [-0.2, -0.15) is 0 Å². The fourth-order valence-electron chi connectivity index (χ4n) is 13.0. The quantitative estimate of drug-likeness (QED) is 0.0320. The number of aliphatic hydroxyl groups excluding tert-OH is 2. The van der Waals surface area contributed by atoms with Crippen molar-refractivity contribution in [2.75, 3.05) is 13.2 Å². The summed E-state index contributed by atoms with van der Waals surface area (Å²) in [5.74, 6) is -0.00935. The van der Waals surface area contributed by atoms with E-state index >= 15 is 0 Å². The lowest BCUT2D eigenvalue weighted by molar-refractivity contribution is -0.143. The normalized spacial score (nSPS) is 12.5. The molecule has 0 aliphatic rings. The van der Waals surface area contributed by atoms with Crippen molar-refractivity contribution in [2.24, 2.45) is 0 Å². The molecule has 0 aromatic rings. The topological polar surface area (TPSA) is 95.9 Å². The summed E-state index contributed by atoms with van der Waals surface area (Å²) in [7, 11) is 0. The van der Waals surface area contributed by atoms with Gasteiger partial charge in [0, 0.05) is 12.8 Å². The number of carbonyl (C=O) groups is 2. The highest BCUT2D eigenvalue weighted by molar-refractivity contribution is 5.76. The molecule has 0 aromatic carbocycles. The third-order valence-electron chi connectivity index (χ3n) is 19.1. The van der Waals surface area contributed by atoms with Crippen LogP contribution >= 0.6 is 0 Å². The Bertz CT molecular complexity index is 1300. The van der Waals surface area contributed by atoms with Crippen molar-refractivity contribution in [2.45, 2.75) is 475 Å². The lowest BCUT2D eigenvalue weighted by Gasteiger charge is -2.22. The minimum Gasteiger partial charge on any atom is -0.466 e. The van der Waals surface area contributed by atoms with Crippen LogP contribution in [0.15, 0.2) is 12.2 Å². The van der Waals surface area contributed by atoms with Gasteiger partial charge in [0.1, 0.15) is 0 Å². The SMILES string of the molecule is CCCCCCCCC/C=C\CCCCCCCCCC(=O)OCCCCCCCCCCCCCCCCCCCCCCCCCCCCCC(=O)NC(CO)C(O)CCCCCCCCCCCCCCCCCCCCCCCCCC. The van der Waals surface area contributed by atoms with Crippen LogP contribution in [-0.2, 0) is 14.3 Å². The van der Waals surface area contributed by atoms with Gasteiger partial charge in [-0.1, -0.05) is 411 Å². The van der Waals surface area contributed by atoms with E-state index in [9.17, 15) is 19.8 Å². The standard InChI is InChI=1S/C80H157NO5/c1-3-5-7-9-11-13-15-17-19-21-23-24-25-31-34-37-40-44-48-52-56-60-64-68-72-78(83)77(76-82)81-79(84)73-69-65-61-57-53-49-45-41-38-35-32-29-27-26-28-30-33-36-39-43-47-51-55-59-63-67-71-75-86-80(85)74-70-66-62-58-54-50-46-42-22-20-18-16-14-12-10-8-6-4-2/h20,22,77-78,82-83H,3-19,21,23-76H2,1-2H3,(H,81,84)/b22-20-. The van der Waals surface area contributed by atoms with E-state index in [0.29, 0.717) is 25.9 Å². The van der Waals surface area contributed by atoms with Crippen LogP contribution in [-0.4, -0.2) is 47.4 Å². The van der Waals surface area contributed by atoms with Gasteiger partial charge in [0.15, 0.2) is 0 Å². The first kappa shape index (κ1) is 84.6. The fourth-order valence-corrected chi connectivity index (χ4v) is 13.0. The number of hydrogen-bond acceptors (Lipinski definition) is 5. The lowest BCUT2D eigenvalue weighted by Crippen LogP contribution is -2.45. The molecule has 0 aliphatic carbocycles. The zero-order chi connectivity index (χ0) is 62.0. The number of hydrogen-bond donors (Lipinski definition) is 3. The van der Waals surface area contributed by atoms with E-state index in [4.69, 9.17) is 4.74 Å². The largest absolute Gasteiger partial charge is 0.466 e. The van der Waals surface area contributed by atoms with E-state index in [-0.39, 0.29) is 18.5 Å². The fraction of sp³-hybridized carbons (Fsp3) is 0.950. The number of amides is 1. The molecule has 0 spiro atoms. The van der Waals surface area contributed by atoms with Crippen LogP contribution in [0.1, 0.15) is 463 Å². The Kier molecular flexibility index (Phi) is 74.8. The number of unbranched alkanes of at least 4 members (excludes halogenated alkanes) is 63. The minimum atomic E-state index is -0.664. The van der Waals surface area contributed by atoms with Crippen molar-refractivity contribution in [3.8, 4) is 0 Å². The minimum absolute atomic E-state index is 0.0167. The molecule has 1 amide bonds. The van der Waals surface area contributed by atoms with Crippen LogP contribution in [0.5, 0.6) is 0 Å². The Labute approximate surface area is 539 Å². The molecular weight excluding hydrogens is 1050 g/mol. The Morgan fingerprint density at radius 1 is 0.314 bits per heavy atom. The van der Waals surface area contributed by atoms with Crippen molar-refractivity contribution in [1.82, 2.24) is 5.32 Å². The van der Waals surface area contributed by atoms with Crippen molar-refractivity contribution < 1.29 is 24.5 Å². The summed E-state index contributed by atoms with van der Waals surface area (Å²) in [5.41, 5.74) is 0. The Morgan fingerprint density at radius 3 is 0.826 bits per heavy atom. The van der Waals surface area contributed by atoms with Crippen LogP contribution in [0.25, 0.3) is 0 Å². The molecule has 6 nitrogen and oxygen atoms in total. The summed E-state index contributed by atoms with van der Waals surface area (Å²) in [4.78, 5) is 24.7. The smallest absolute Gasteiger partial charge is 0.305 e. The van der Waals surface area contributed by atoms with Gasteiger partial charge >= 0.3 is 5.97 Å². The zero-order valence-corrected chi connectivity index (χ0v) is 58.8. The molecule has 0 saturated carbocycles. The highest BCUT2D eigenvalue weighted by Gasteiger charge is 2.20. The molecule has 6 heteroatoms. The highest BCUT2D eigenvalue weighted by atomic mass is 16.5.